The summed E-state index contributed by atoms with van der Waals surface area (Å²) in [6, 6.07) is 17.4. The molecule has 0 saturated heterocycles. The van der Waals surface area contributed by atoms with Crippen LogP contribution in [0.3, 0.4) is 0 Å². The Balaban J connectivity index is 1.78. The molecule has 0 radical (unpaired) electrons. The number of fused-ring (bicyclic) bond motifs is 1. The van der Waals surface area contributed by atoms with Gasteiger partial charge in [-0.2, -0.15) is 0 Å². The first-order chi connectivity index (χ1) is 12.5. The van der Waals surface area contributed by atoms with Gasteiger partial charge in [-0.25, -0.2) is 0 Å². The number of halogens is 1. The lowest BCUT2D eigenvalue weighted by Crippen LogP contribution is -2.30. The van der Waals surface area contributed by atoms with E-state index in [9.17, 15) is 4.79 Å². The van der Waals surface area contributed by atoms with Crippen LogP contribution in [0.1, 0.15) is 31.0 Å². The van der Waals surface area contributed by atoms with Crippen LogP contribution in [-0.2, 0) is 4.79 Å². The molecule has 26 heavy (non-hydrogen) atoms. The molecule has 0 aliphatic carbocycles. The van der Waals surface area contributed by atoms with Gasteiger partial charge in [0.25, 0.3) is 0 Å². The molecule has 1 aromatic heterocycles. The lowest BCUT2D eigenvalue weighted by atomic mass is 9.96. The number of carbonyl (C=O) groups is 1. The van der Waals surface area contributed by atoms with Gasteiger partial charge in [-0.15, -0.1) is 0 Å². The first-order valence-electron chi connectivity index (χ1n) is 8.62. The minimum absolute atomic E-state index is 0.0740. The molecule has 1 atom stereocenters. The Morgan fingerprint density at radius 2 is 1.81 bits per heavy atom. The third kappa shape index (κ3) is 4.30. The number of para-hydroxylation sites is 1. The summed E-state index contributed by atoms with van der Waals surface area (Å²) in [6.45, 7) is 4.16. The number of benzene rings is 2. The van der Waals surface area contributed by atoms with Crippen molar-refractivity contribution in [2.24, 2.45) is 5.92 Å². The van der Waals surface area contributed by atoms with Crippen LogP contribution >= 0.6 is 11.6 Å². The van der Waals surface area contributed by atoms with Crippen molar-refractivity contribution in [3.05, 3.63) is 83.0 Å². The molecule has 3 rings (SSSR count). The maximum atomic E-state index is 12.5. The van der Waals surface area contributed by atoms with E-state index in [-0.39, 0.29) is 17.9 Å². The molecule has 0 aliphatic heterocycles. The Kier molecular flexibility index (Phi) is 5.69. The van der Waals surface area contributed by atoms with Gasteiger partial charge in [0.1, 0.15) is 0 Å². The van der Waals surface area contributed by atoms with E-state index in [1.54, 1.807) is 12.3 Å². The van der Waals surface area contributed by atoms with Crippen LogP contribution in [-0.4, -0.2) is 10.9 Å². The summed E-state index contributed by atoms with van der Waals surface area (Å²) in [5, 5.41) is 4.82. The topological polar surface area (TPSA) is 42.0 Å². The van der Waals surface area contributed by atoms with Crippen LogP contribution in [0.2, 0.25) is 5.02 Å². The summed E-state index contributed by atoms with van der Waals surface area (Å²) < 4.78 is 0. The van der Waals surface area contributed by atoms with E-state index in [1.165, 1.54) is 0 Å². The highest BCUT2D eigenvalue weighted by molar-refractivity contribution is 6.30. The van der Waals surface area contributed by atoms with Crippen LogP contribution in [0.5, 0.6) is 0 Å². The van der Waals surface area contributed by atoms with Gasteiger partial charge < -0.3 is 5.32 Å². The van der Waals surface area contributed by atoms with Gasteiger partial charge in [0.2, 0.25) is 5.91 Å². The molecule has 0 aliphatic rings. The number of aromatic nitrogens is 1. The number of amides is 1. The number of hydrogen-bond donors (Lipinski definition) is 1. The number of nitrogens with zero attached hydrogens (tertiary/aromatic N) is 1. The zero-order valence-corrected chi connectivity index (χ0v) is 15.6. The van der Waals surface area contributed by atoms with Gasteiger partial charge >= 0.3 is 0 Å². The molecule has 0 bridgehead atoms. The van der Waals surface area contributed by atoms with Crippen LogP contribution in [0, 0.1) is 5.92 Å². The molecule has 1 N–H and O–H groups in total. The molecule has 0 fully saturated rings. The number of hydrogen-bond acceptors (Lipinski definition) is 2. The molecule has 1 amide bonds. The van der Waals surface area contributed by atoms with Gasteiger partial charge in [0.15, 0.2) is 0 Å². The van der Waals surface area contributed by atoms with Crippen molar-refractivity contribution in [2.45, 2.75) is 19.9 Å². The predicted molar refractivity (Wildman–Crippen MR) is 108 cm³/mol. The minimum atomic E-state index is -0.133. The van der Waals surface area contributed by atoms with Gasteiger partial charge in [-0.3, -0.25) is 9.78 Å². The van der Waals surface area contributed by atoms with Crippen molar-refractivity contribution in [3.63, 3.8) is 0 Å². The van der Waals surface area contributed by atoms with Crippen LogP contribution < -0.4 is 5.32 Å². The Bertz CT molecular complexity index is 927. The lowest BCUT2D eigenvalue weighted by molar-refractivity contribution is -0.117. The van der Waals surface area contributed by atoms with E-state index in [4.69, 9.17) is 11.6 Å². The van der Waals surface area contributed by atoms with Crippen molar-refractivity contribution in [3.8, 4) is 0 Å². The number of carbonyl (C=O) groups excluding carboxylic acids is 1. The van der Waals surface area contributed by atoms with E-state index >= 15 is 0 Å². The van der Waals surface area contributed by atoms with Gasteiger partial charge in [-0.05, 0) is 35.8 Å². The van der Waals surface area contributed by atoms with E-state index in [0.29, 0.717) is 5.02 Å². The maximum Gasteiger partial charge on any atom is 0.244 e. The van der Waals surface area contributed by atoms with Crippen LogP contribution in [0.4, 0.5) is 0 Å². The van der Waals surface area contributed by atoms with Crippen molar-refractivity contribution >= 4 is 34.5 Å². The number of rotatable bonds is 5. The molecule has 1 heterocycles. The molecule has 2 aromatic carbocycles. The Labute approximate surface area is 158 Å². The highest BCUT2D eigenvalue weighted by Crippen LogP contribution is 2.23. The Hall–Kier alpha value is -2.65. The number of nitrogens with one attached hydrogen (secondary N) is 1. The van der Waals surface area contributed by atoms with Crippen molar-refractivity contribution in [1.82, 2.24) is 10.3 Å². The summed E-state index contributed by atoms with van der Waals surface area (Å²) in [7, 11) is 0. The van der Waals surface area contributed by atoms with Gasteiger partial charge in [-0.1, -0.05) is 61.8 Å². The average molecular weight is 365 g/mol. The third-order valence-electron chi connectivity index (χ3n) is 4.27. The normalized spacial score (nSPS) is 12.6. The summed E-state index contributed by atoms with van der Waals surface area (Å²) in [5.74, 6) is 0.124. The van der Waals surface area contributed by atoms with Crippen molar-refractivity contribution in [1.29, 1.82) is 0 Å². The van der Waals surface area contributed by atoms with E-state index < -0.39 is 0 Å². The Morgan fingerprint density at radius 3 is 2.54 bits per heavy atom. The van der Waals surface area contributed by atoms with Crippen LogP contribution in [0.25, 0.3) is 17.0 Å². The first kappa shape index (κ1) is 18.2. The van der Waals surface area contributed by atoms with Crippen molar-refractivity contribution in [2.75, 3.05) is 0 Å². The largest absolute Gasteiger partial charge is 0.345 e. The Morgan fingerprint density at radius 1 is 1.08 bits per heavy atom. The highest BCUT2D eigenvalue weighted by atomic mass is 35.5. The average Bonchev–Trinajstić information content (AvgIpc) is 2.65. The fourth-order valence-electron chi connectivity index (χ4n) is 2.93. The second kappa shape index (κ2) is 8.15. The quantitative estimate of drug-likeness (QED) is 0.614. The van der Waals surface area contributed by atoms with Gasteiger partial charge in [0.05, 0.1) is 11.6 Å². The smallest absolute Gasteiger partial charge is 0.244 e. The lowest BCUT2D eigenvalue weighted by Gasteiger charge is -2.22. The zero-order chi connectivity index (χ0) is 18.5. The standard InChI is InChI=1S/C22H21ClN2O/c1-15(2)21(18-8-11-19(23)12-9-18)25-20(26)13-10-17-6-3-5-16-7-4-14-24-22(16)17/h3-15,21H,1-2H3,(H,25,26)/b13-10+. The number of pyridine rings is 1. The first-order valence-corrected chi connectivity index (χ1v) is 9.00. The zero-order valence-electron chi connectivity index (χ0n) is 14.8. The predicted octanol–water partition coefficient (Wildman–Crippen LogP) is 5.41. The monoisotopic (exact) mass is 364 g/mol. The van der Waals surface area contributed by atoms with E-state index in [0.717, 1.165) is 22.0 Å². The minimum Gasteiger partial charge on any atom is -0.345 e. The molecule has 4 heteroatoms. The molecule has 132 valence electrons. The summed E-state index contributed by atoms with van der Waals surface area (Å²) in [4.78, 5) is 16.9. The van der Waals surface area contributed by atoms with Gasteiger partial charge in [0, 0.05) is 28.2 Å². The summed E-state index contributed by atoms with van der Waals surface area (Å²) in [5.41, 5.74) is 2.85. The fourth-order valence-corrected chi connectivity index (χ4v) is 3.06. The summed E-state index contributed by atoms with van der Waals surface area (Å²) in [6.07, 6.45) is 5.13. The fraction of sp³-hybridized carbons (Fsp3) is 0.182. The molecular weight excluding hydrogens is 344 g/mol. The molecule has 3 aromatic rings. The van der Waals surface area contributed by atoms with Crippen molar-refractivity contribution < 1.29 is 4.79 Å². The second-order valence-corrected chi connectivity index (χ2v) is 6.97. The summed E-state index contributed by atoms with van der Waals surface area (Å²) >= 11 is 5.96. The van der Waals surface area contributed by atoms with Crippen LogP contribution in [0.15, 0.2) is 66.9 Å². The SMILES string of the molecule is CC(C)C(NC(=O)/C=C/c1cccc2cccnc12)c1ccc(Cl)cc1. The molecule has 1 unspecified atom stereocenters. The van der Waals surface area contributed by atoms with E-state index in [2.05, 4.69) is 24.1 Å². The molecular formula is C22H21ClN2O. The highest BCUT2D eigenvalue weighted by Gasteiger charge is 2.17. The molecule has 3 nitrogen and oxygen atoms in total. The third-order valence-corrected chi connectivity index (χ3v) is 4.52. The molecule has 0 spiro atoms. The molecule has 0 saturated carbocycles. The maximum absolute atomic E-state index is 12.5. The second-order valence-electron chi connectivity index (χ2n) is 6.54. The van der Waals surface area contributed by atoms with E-state index in [1.807, 2.05) is 60.7 Å².